The van der Waals surface area contributed by atoms with Crippen LogP contribution < -0.4 is 10.6 Å². The van der Waals surface area contributed by atoms with Crippen LogP contribution in [0.3, 0.4) is 0 Å². The van der Waals surface area contributed by atoms with Gasteiger partial charge in [-0.15, -0.1) is 0 Å². The zero-order valence-corrected chi connectivity index (χ0v) is 24.4. The maximum Gasteiger partial charge on any atom is 0.408 e. The van der Waals surface area contributed by atoms with Crippen LogP contribution >= 0.6 is 0 Å². The van der Waals surface area contributed by atoms with Crippen LogP contribution in [0.4, 0.5) is 10.5 Å². The van der Waals surface area contributed by atoms with Crippen LogP contribution in [0.25, 0.3) is 16.8 Å². The third kappa shape index (κ3) is 8.91. The largest absolute Gasteiger partial charge is 0.444 e. The summed E-state index contributed by atoms with van der Waals surface area (Å²) >= 11 is 0. The summed E-state index contributed by atoms with van der Waals surface area (Å²) in [6.45, 7) is 10.6. The fourth-order valence-electron chi connectivity index (χ4n) is 4.54. The monoisotopic (exact) mass is 559 g/mol. The zero-order valence-electron chi connectivity index (χ0n) is 24.4. The summed E-state index contributed by atoms with van der Waals surface area (Å²) in [6, 6.07) is 18.4. The van der Waals surface area contributed by atoms with Gasteiger partial charge in [0, 0.05) is 12.2 Å². The highest BCUT2D eigenvalue weighted by molar-refractivity contribution is 6.00. The molecule has 0 aliphatic heterocycles. The molecule has 3 N–H and O–H groups in total. The maximum atomic E-state index is 14.0. The molecule has 0 aliphatic rings. The number of nitrogens with one attached hydrogen (secondary N) is 2. The van der Waals surface area contributed by atoms with Gasteiger partial charge >= 0.3 is 6.09 Å². The van der Waals surface area contributed by atoms with E-state index in [0.717, 1.165) is 29.2 Å². The summed E-state index contributed by atoms with van der Waals surface area (Å²) < 4.78 is 5.31. The average Bonchev–Trinajstić information content (AvgIpc) is 2.94. The lowest BCUT2D eigenvalue weighted by Gasteiger charge is -2.34. The van der Waals surface area contributed by atoms with E-state index in [2.05, 4.69) is 17.2 Å². The molecule has 0 aliphatic carbocycles. The first kappa shape index (κ1) is 31.4. The SMILES string of the molecule is C=Cc1cccc(C(C(=O)Nc2ccc3ccccc3c2)N(CCCCC)C(=O)C(CO)NC(=O)OC(C)(C)C)c1. The van der Waals surface area contributed by atoms with Crippen molar-refractivity contribution in [2.75, 3.05) is 18.5 Å². The van der Waals surface area contributed by atoms with Crippen molar-refractivity contribution in [3.05, 3.63) is 84.4 Å². The predicted molar refractivity (Wildman–Crippen MR) is 163 cm³/mol. The number of rotatable bonds is 12. The molecule has 0 spiro atoms. The molecule has 41 heavy (non-hydrogen) atoms. The van der Waals surface area contributed by atoms with Gasteiger partial charge in [0.2, 0.25) is 5.91 Å². The van der Waals surface area contributed by atoms with Crippen molar-refractivity contribution in [3.63, 3.8) is 0 Å². The van der Waals surface area contributed by atoms with Crippen molar-refractivity contribution in [2.24, 2.45) is 0 Å². The van der Waals surface area contributed by atoms with Crippen LogP contribution in [0.5, 0.6) is 0 Å². The van der Waals surface area contributed by atoms with Crippen LogP contribution in [-0.4, -0.2) is 52.7 Å². The number of hydrogen-bond acceptors (Lipinski definition) is 5. The highest BCUT2D eigenvalue weighted by atomic mass is 16.6. The molecule has 0 radical (unpaired) electrons. The van der Waals surface area contributed by atoms with Crippen LogP contribution in [0.2, 0.25) is 0 Å². The van der Waals surface area contributed by atoms with Gasteiger partial charge in [0.05, 0.1) is 6.61 Å². The highest BCUT2D eigenvalue weighted by Crippen LogP contribution is 2.27. The molecule has 3 aromatic rings. The smallest absolute Gasteiger partial charge is 0.408 e. The fraction of sp³-hybridized carbons (Fsp3) is 0.364. The molecule has 3 rings (SSSR count). The van der Waals surface area contributed by atoms with Crippen molar-refractivity contribution < 1.29 is 24.2 Å². The molecular formula is C33H41N3O5. The minimum atomic E-state index is -1.30. The Bertz CT molecular complexity index is 1360. The number of carbonyl (C=O) groups excluding carboxylic acids is 3. The lowest BCUT2D eigenvalue weighted by Crippen LogP contribution is -2.54. The lowest BCUT2D eigenvalue weighted by molar-refractivity contribution is -0.141. The standard InChI is InChI=1S/C33H41N3O5/c1-6-8-11-19-36(31(39)28(22-37)35-32(40)41-33(3,4)5)29(26-16-12-13-23(7-2)20-26)30(38)34-27-18-17-24-14-9-10-15-25(24)21-27/h7,9-10,12-18,20-21,28-29,37H,2,6,8,11,19,22H2,1,3-5H3,(H,34,38)(H,35,40). The molecule has 0 heterocycles. The number of anilines is 1. The second-order valence-electron chi connectivity index (χ2n) is 10.9. The molecular weight excluding hydrogens is 518 g/mol. The second-order valence-corrected chi connectivity index (χ2v) is 10.9. The molecule has 8 nitrogen and oxygen atoms in total. The van der Waals surface area contributed by atoms with E-state index in [1.807, 2.05) is 61.5 Å². The van der Waals surface area contributed by atoms with Crippen LogP contribution in [0.1, 0.15) is 64.1 Å². The van der Waals surface area contributed by atoms with Gasteiger partial charge in [-0.1, -0.05) is 81.0 Å². The van der Waals surface area contributed by atoms with Gasteiger partial charge in [0.25, 0.3) is 5.91 Å². The van der Waals surface area contributed by atoms with Gasteiger partial charge in [-0.05, 0) is 67.3 Å². The van der Waals surface area contributed by atoms with E-state index in [0.29, 0.717) is 17.7 Å². The highest BCUT2D eigenvalue weighted by Gasteiger charge is 2.36. The number of aliphatic hydroxyl groups is 1. The lowest BCUT2D eigenvalue weighted by atomic mass is 9.99. The summed E-state index contributed by atoms with van der Waals surface area (Å²) in [5.74, 6) is -1.00. The summed E-state index contributed by atoms with van der Waals surface area (Å²) in [5, 5.41) is 17.6. The number of benzene rings is 3. The molecule has 0 saturated heterocycles. The van der Waals surface area contributed by atoms with Crippen LogP contribution in [0, 0.1) is 0 Å². The van der Waals surface area contributed by atoms with Gasteiger partial charge in [-0.25, -0.2) is 4.79 Å². The Balaban J connectivity index is 2.02. The van der Waals surface area contributed by atoms with E-state index in [-0.39, 0.29) is 6.54 Å². The predicted octanol–water partition coefficient (Wildman–Crippen LogP) is 6.07. The van der Waals surface area contributed by atoms with Gasteiger partial charge in [-0.2, -0.15) is 0 Å². The summed E-state index contributed by atoms with van der Waals surface area (Å²) in [7, 11) is 0. The third-order valence-corrected chi connectivity index (χ3v) is 6.50. The number of unbranched alkanes of at least 4 members (excludes halogenated alkanes) is 2. The van der Waals surface area contributed by atoms with E-state index in [1.54, 1.807) is 39.0 Å². The van der Waals surface area contributed by atoms with Crippen molar-refractivity contribution in [2.45, 2.75) is 64.6 Å². The van der Waals surface area contributed by atoms with Gasteiger partial charge in [0.1, 0.15) is 17.7 Å². The van der Waals surface area contributed by atoms with E-state index in [4.69, 9.17) is 4.74 Å². The van der Waals surface area contributed by atoms with Gasteiger partial charge in [-0.3, -0.25) is 9.59 Å². The molecule has 2 unspecified atom stereocenters. The Morgan fingerprint density at radius 2 is 1.73 bits per heavy atom. The van der Waals surface area contributed by atoms with Crippen LogP contribution in [-0.2, 0) is 14.3 Å². The third-order valence-electron chi connectivity index (χ3n) is 6.50. The normalized spacial score (nSPS) is 12.7. The quantitative estimate of drug-likeness (QED) is 0.234. The Morgan fingerprint density at radius 3 is 2.39 bits per heavy atom. The average molecular weight is 560 g/mol. The molecule has 0 aromatic heterocycles. The first-order chi connectivity index (χ1) is 19.6. The van der Waals surface area contributed by atoms with Crippen LogP contribution in [0.15, 0.2) is 73.3 Å². The Labute approximate surface area is 242 Å². The number of fused-ring (bicyclic) bond motifs is 1. The molecule has 3 aromatic carbocycles. The van der Waals surface area contributed by atoms with E-state index >= 15 is 0 Å². The molecule has 2 atom stereocenters. The number of amides is 3. The molecule has 8 heteroatoms. The first-order valence-electron chi connectivity index (χ1n) is 14.0. The number of nitrogens with zero attached hydrogens (tertiary/aromatic N) is 1. The van der Waals surface area contributed by atoms with Gasteiger partial charge < -0.3 is 25.4 Å². The number of carbonyl (C=O) groups is 3. The molecule has 218 valence electrons. The fourth-order valence-corrected chi connectivity index (χ4v) is 4.54. The molecule has 0 bridgehead atoms. The summed E-state index contributed by atoms with van der Waals surface area (Å²) in [6.07, 6.45) is 3.21. The minimum Gasteiger partial charge on any atom is -0.444 e. The van der Waals surface area contributed by atoms with Crippen molar-refractivity contribution in [1.29, 1.82) is 0 Å². The van der Waals surface area contributed by atoms with Crippen molar-refractivity contribution >= 4 is 40.4 Å². The van der Waals surface area contributed by atoms with Crippen molar-refractivity contribution in [1.82, 2.24) is 10.2 Å². The summed E-state index contributed by atoms with van der Waals surface area (Å²) in [5.41, 5.74) is 1.17. The Kier molecular flexibility index (Phi) is 11.1. The summed E-state index contributed by atoms with van der Waals surface area (Å²) in [4.78, 5) is 42.0. The first-order valence-corrected chi connectivity index (χ1v) is 14.0. The molecule has 0 fully saturated rings. The second kappa shape index (κ2) is 14.5. The number of alkyl carbamates (subject to hydrolysis) is 1. The Hall–Kier alpha value is -4.17. The number of ether oxygens (including phenoxy) is 1. The van der Waals surface area contributed by atoms with E-state index in [1.165, 1.54) is 4.90 Å². The van der Waals surface area contributed by atoms with Crippen molar-refractivity contribution in [3.8, 4) is 0 Å². The topological polar surface area (TPSA) is 108 Å². The minimum absolute atomic E-state index is 0.243. The number of hydrogen-bond donors (Lipinski definition) is 3. The van der Waals surface area contributed by atoms with Gasteiger partial charge in [0.15, 0.2) is 0 Å². The number of aliphatic hydroxyl groups excluding tert-OH is 1. The molecule has 3 amide bonds. The molecule has 0 saturated carbocycles. The maximum absolute atomic E-state index is 14.0. The Morgan fingerprint density at radius 1 is 1.00 bits per heavy atom. The van der Waals surface area contributed by atoms with E-state index < -0.39 is 42.2 Å². The van der Waals surface area contributed by atoms with E-state index in [9.17, 15) is 19.5 Å². The zero-order chi connectivity index (χ0) is 30.0.